The highest BCUT2D eigenvalue weighted by Crippen LogP contribution is 2.32. The van der Waals surface area contributed by atoms with Crippen LogP contribution in [0.3, 0.4) is 0 Å². The number of anilines is 1. The van der Waals surface area contributed by atoms with Crippen molar-refractivity contribution in [2.75, 3.05) is 5.43 Å². The number of hydrogen-bond donors (Lipinski definition) is 2. The molecule has 1 aromatic rings. The number of carboxylic acids is 1. The smallest absolute Gasteiger partial charge is 0.417 e. The number of halogens is 4. The molecule has 0 spiro atoms. The summed E-state index contributed by atoms with van der Waals surface area (Å²) in [6.45, 7) is 0. The largest absolute Gasteiger partial charge is 0.477 e. The molecule has 0 saturated heterocycles. The molecule has 0 bridgehead atoms. The number of aromatic nitrogens is 1. The predicted octanol–water partition coefficient (Wildman–Crippen LogP) is 2.24. The van der Waals surface area contributed by atoms with E-state index in [-0.39, 0.29) is 10.8 Å². The first-order valence-electron chi connectivity index (χ1n) is 4.05. The number of nitrogens with zero attached hydrogens (tertiary/aromatic N) is 2. The molecule has 0 atom stereocenters. The second kappa shape index (κ2) is 5.00. The molecular formula is C8H5ClF3N3O2. The van der Waals surface area contributed by atoms with Crippen molar-refractivity contribution in [3.05, 3.63) is 22.8 Å². The van der Waals surface area contributed by atoms with Crippen LogP contribution in [0.25, 0.3) is 0 Å². The quantitative estimate of drug-likeness (QED) is 0.650. The molecule has 0 radical (unpaired) electrons. The highest BCUT2D eigenvalue weighted by Gasteiger charge is 2.31. The minimum atomic E-state index is -4.54. The van der Waals surface area contributed by atoms with Crippen molar-refractivity contribution in [2.24, 2.45) is 5.10 Å². The number of aliphatic carboxylic acids is 1. The lowest BCUT2D eigenvalue weighted by molar-refractivity contribution is -0.137. The Hall–Kier alpha value is -1.83. The van der Waals surface area contributed by atoms with Crippen LogP contribution in [0.5, 0.6) is 0 Å². The molecule has 0 aliphatic carbocycles. The molecule has 5 nitrogen and oxygen atoms in total. The molecule has 0 unspecified atom stereocenters. The highest BCUT2D eigenvalue weighted by molar-refractivity contribution is 6.33. The van der Waals surface area contributed by atoms with Gasteiger partial charge in [0, 0.05) is 6.20 Å². The predicted molar refractivity (Wildman–Crippen MR) is 54.0 cm³/mol. The van der Waals surface area contributed by atoms with Crippen molar-refractivity contribution in [3.63, 3.8) is 0 Å². The van der Waals surface area contributed by atoms with E-state index in [9.17, 15) is 18.0 Å². The Balaban J connectivity index is 2.87. The summed E-state index contributed by atoms with van der Waals surface area (Å²) < 4.78 is 36.7. The van der Waals surface area contributed by atoms with Gasteiger partial charge in [0.1, 0.15) is 6.21 Å². The Kier molecular flexibility index (Phi) is 3.89. The SMILES string of the molecule is O=C(O)C=NNc1ncc(C(F)(F)F)cc1Cl. The number of nitrogens with one attached hydrogen (secondary N) is 1. The summed E-state index contributed by atoms with van der Waals surface area (Å²) in [5, 5.41) is 11.1. The average Bonchev–Trinajstić information content (AvgIpc) is 2.18. The number of hydrogen-bond acceptors (Lipinski definition) is 4. The third-order valence-electron chi connectivity index (χ3n) is 1.51. The third-order valence-corrected chi connectivity index (χ3v) is 1.80. The van der Waals surface area contributed by atoms with Crippen LogP contribution in [0, 0.1) is 0 Å². The molecule has 0 aliphatic heterocycles. The van der Waals surface area contributed by atoms with Crippen molar-refractivity contribution in [1.29, 1.82) is 0 Å². The van der Waals surface area contributed by atoms with Crippen molar-refractivity contribution in [3.8, 4) is 0 Å². The molecule has 2 N–H and O–H groups in total. The van der Waals surface area contributed by atoms with Crippen LogP contribution in [-0.2, 0) is 11.0 Å². The molecular weight excluding hydrogens is 263 g/mol. The van der Waals surface area contributed by atoms with Gasteiger partial charge in [0.15, 0.2) is 5.82 Å². The lowest BCUT2D eigenvalue weighted by atomic mass is 10.3. The fourth-order valence-electron chi connectivity index (χ4n) is 0.824. The van der Waals surface area contributed by atoms with E-state index in [1.807, 2.05) is 0 Å². The molecule has 0 aromatic carbocycles. The number of alkyl halides is 3. The van der Waals surface area contributed by atoms with Gasteiger partial charge in [-0.15, -0.1) is 0 Å². The Morgan fingerprint density at radius 2 is 2.24 bits per heavy atom. The van der Waals surface area contributed by atoms with E-state index in [1.54, 1.807) is 0 Å². The number of carbonyl (C=O) groups is 1. The van der Waals surface area contributed by atoms with Crippen LogP contribution < -0.4 is 5.43 Å². The molecule has 0 saturated carbocycles. The van der Waals surface area contributed by atoms with E-state index >= 15 is 0 Å². The van der Waals surface area contributed by atoms with E-state index < -0.39 is 17.7 Å². The summed E-state index contributed by atoms with van der Waals surface area (Å²) in [7, 11) is 0. The van der Waals surface area contributed by atoms with Gasteiger partial charge >= 0.3 is 12.1 Å². The summed E-state index contributed by atoms with van der Waals surface area (Å²) in [5.41, 5.74) is 1.10. The molecule has 1 aromatic heterocycles. The van der Waals surface area contributed by atoms with Gasteiger partial charge in [-0.05, 0) is 6.07 Å². The number of pyridine rings is 1. The molecule has 0 fully saturated rings. The lowest BCUT2D eigenvalue weighted by Gasteiger charge is -2.08. The minimum Gasteiger partial charge on any atom is -0.477 e. The van der Waals surface area contributed by atoms with Crippen molar-refractivity contribution in [1.82, 2.24) is 4.98 Å². The monoisotopic (exact) mass is 267 g/mol. The molecule has 0 amide bonds. The van der Waals surface area contributed by atoms with Crippen LogP contribution in [0.2, 0.25) is 5.02 Å². The van der Waals surface area contributed by atoms with Gasteiger partial charge in [-0.3, -0.25) is 5.43 Å². The number of hydrazone groups is 1. The first kappa shape index (κ1) is 13.2. The second-order valence-corrected chi connectivity index (χ2v) is 3.17. The Morgan fingerprint density at radius 1 is 1.59 bits per heavy atom. The topological polar surface area (TPSA) is 74.6 Å². The van der Waals surface area contributed by atoms with E-state index in [1.165, 1.54) is 0 Å². The average molecular weight is 268 g/mol. The maximum atomic E-state index is 12.2. The summed E-state index contributed by atoms with van der Waals surface area (Å²) in [4.78, 5) is 13.4. The van der Waals surface area contributed by atoms with Gasteiger partial charge in [-0.25, -0.2) is 9.78 Å². The summed E-state index contributed by atoms with van der Waals surface area (Å²) in [5.74, 6) is -1.49. The standard InChI is InChI=1S/C8H5ClF3N3O2/c9-5-1-4(8(10,11)12)2-13-7(5)15-14-3-6(16)17/h1-3H,(H,13,15)(H,16,17). The number of rotatable bonds is 3. The maximum Gasteiger partial charge on any atom is 0.417 e. The molecule has 17 heavy (non-hydrogen) atoms. The van der Waals surface area contributed by atoms with Crippen LogP contribution in [0.15, 0.2) is 17.4 Å². The normalized spacial score (nSPS) is 11.8. The highest BCUT2D eigenvalue weighted by atomic mass is 35.5. The zero-order valence-corrected chi connectivity index (χ0v) is 8.75. The van der Waals surface area contributed by atoms with Crippen molar-refractivity contribution < 1.29 is 23.1 Å². The molecule has 9 heteroatoms. The van der Waals surface area contributed by atoms with Crippen LogP contribution in [0.1, 0.15) is 5.56 Å². The van der Waals surface area contributed by atoms with E-state index in [4.69, 9.17) is 16.7 Å². The van der Waals surface area contributed by atoms with Crippen LogP contribution in [-0.4, -0.2) is 22.3 Å². The lowest BCUT2D eigenvalue weighted by Crippen LogP contribution is -2.07. The molecule has 0 aliphatic rings. The van der Waals surface area contributed by atoms with Crippen molar-refractivity contribution >= 4 is 29.6 Å². The van der Waals surface area contributed by atoms with Gasteiger partial charge in [-0.1, -0.05) is 11.6 Å². The van der Waals surface area contributed by atoms with Gasteiger partial charge < -0.3 is 5.11 Å². The summed E-state index contributed by atoms with van der Waals surface area (Å²) >= 11 is 5.50. The maximum absolute atomic E-state index is 12.2. The summed E-state index contributed by atoms with van der Waals surface area (Å²) in [6, 6.07) is 0.660. The van der Waals surface area contributed by atoms with E-state index in [0.717, 1.165) is 0 Å². The van der Waals surface area contributed by atoms with Gasteiger partial charge in [-0.2, -0.15) is 18.3 Å². The van der Waals surface area contributed by atoms with Gasteiger partial charge in [0.25, 0.3) is 0 Å². The number of carboxylic acid groups (broad SMARTS) is 1. The Morgan fingerprint density at radius 3 is 2.71 bits per heavy atom. The molecule has 1 rings (SSSR count). The molecule has 1 heterocycles. The van der Waals surface area contributed by atoms with Gasteiger partial charge in [0.2, 0.25) is 0 Å². The fraction of sp³-hybridized carbons (Fsp3) is 0.125. The molecule has 92 valence electrons. The zero-order valence-electron chi connectivity index (χ0n) is 7.99. The Labute approximate surface area is 97.9 Å². The van der Waals surface area contributed by atoms with Crippen LogP contribution >= 0.6 is 11.6 Å². The van der Waals surface area contributed by atoms with E-state index in [2.05, 4.69) is 15.5 Å². The van der Waals surface area contributed by atoms with Gasteiger partial charge in [0.05, 0.1) is 10.6 Å². The minimum absolute atomic E-state index is 0.169. The summed E-state index contributed by atoms with van der Waals surface area (Å²) in [6.07, 6.45) is -3.47. The zero-order chi connectivity index (χ0) is 13.1. The van der Waals surface area contributed by atoms with Crippen molar-refractivity contribution in [2.45, 2.75) is 6.18 Å². The van der Waals surface area contributed by atoms with Crippen LogP contribution in [0.4, 0.5) is 19.0 Å². The first-order chi connectivity index (χ1) is 7.80. The first-order valence-corrected chi connectivity index (χ1v) is 4.43. The second-order valence-electron chi connectivity index (χ2n) is 2.76. The third kappa shape index (κ3) is 3.91. The van der Waals surface area contributed by atoms with E-state index in [0.29, 0.717) is 18.5 Å². The Bertz CT molecular complexity index is 462. The fourth-order valence-corrected chi connectivity index (χ4v) is 1.03.